The van der Waals surface area contributed by atoms with Crippen LogP contribution in [-0.4, -0.2) is 9.55 Å². The Kier molecular flexibility index (Phi) is 4.02. The van der Waals surface area contributed by atoms with Crippen molar-refractivity contribution in [1.82, 2.24) is 9.55 Å². The van der Waals surface area contributed by atoms with Crippen LogP contribution in [0.25, 0.3) is 11.0 Å². The van der Waals surface area contributed by atoms with Gasteiger partial charge in [0, 0.05) is 0 Å². The Morgan fingerprint density at radius 2 is 1.80 bits per heavy atom. The molecular formula is C21H21N3O. The van der Waals surface area contributed by atoms with E-state index in [2.05, 4.69) is 60.1 Å². The Balaban J connectivity index is 1.75. The Labute approximate surface area is 147 Å². The number of nitrogens with one attached hydrogen (secondary N) is 1. The summed E-state index contributed by atoms with van der Waals surface area (Å²) in [5, 5.41) is 3.42. The summed E-state index contributed by atoms with van der Waals surface area (Å²) in [5.41, 5.74) is 5.95. The molecule has 0 amide bonds. The summed E-state index contributed by atoms with van der Waals surface area (Å²) in [7, 11) is 0. The maximum Gasteiger partial charge on any atom is 0.204 e. The molecule has 4 aromatic rings. The molecule has 0 unspecified atom stereocenters. The molecule has 25 heavy (non-hydrogen) atoms. The van der Waals surface area contributed by atoms with Gasteiger partial charge >= 0.3 is 0 Å². The minimum atomic E-state index is 0.614. The molecule has 0 radical (unpaired) electrons. The van der Waals surface area contributed by atoms with E-state index in [1.54, 1.807) is 6.26 Å². The molecule has 0 fully saturated rings. The van der Waals surface area contributed by atoms with Gasteiger partial charge in [-0.15, -0.1) is 0 Å². The summed E-state index contributed by atoms with van der Waals surface area (Å²) in [4.78, 5) is 4.82. The number of furan rings is 1. The molecule has 2 aromatic carbocycles. The van der Waals surface area contributed by atoms with Gasteiger partial charge in [-0.1, -0.05) is 30.3 Å². The second-order valence-electron chi connectivity index (χ2n) is 6.37. The van der Waals surface area contributed by atoms with Crippen molar-refractivity contribution in [2.45, 2.75) is 26.9 Å². The van der Waals surface area contributed by atoms with Crippen molar-refractivity contribution in [3.63, 3.8) is 0 Å². The average molecular weight is 331 g/mol. The molecule has 0 saturated carbocycles. The zero-order chi connectivity index (χ0) is 17.2. The van der Waals surface area contributed by atoms with Crippen molar-refractivity contribution in [3.05, 3.63) is 83.3 Å². The third kappa shape index (κ3) is 3.15. The van der Waals surface area contributed by atoms with Gasteiger partial charge in [-0.3, -0.25) is 0 Å². The zero-order valence-corrected chi connectivity index (χ0v) is 14.5. The van der Waals surface area contributed by atoms with Crippen LogP contribution in [0.5, 0.6) is 0 Å². The Bertz CT molecular complexity index is 985. The Morgan fingerprint density at radius 1 is 1.00 bits per heavy atom. The van der Waals surface area contributed by atoms with E-state index in [4.69, 9.17) is 9.40 Å². The van der Waals surface area contributed by atoms with E-state index < -0.39 is 0 Å². The summed E-state index contributed by atoms with van der Waals surface area (Å²) in [5.74, 6) is 1.76. The predicted octanol–water partition coefficient (Wildman–Crippen LogP) is 4.91. The summed E-state index contributed by atoms with van der Waals surface area (Å²) >= 11 is 0. The fourth-order valence-corrected chi connectivity index (χ4v) is 3.02. The number of rotatable bonds is 5. The van der Waals surface area contributed by atoms with Crippen molar-refractivity contribution in [2.24, 2.45) is 0 Å². The second kappa shape index (κ2) is 6.48. The molecule has 0 atom stereocenters. The first-order chi connectivity index (χ1) is 12.2. The van der Waals surface area contributed by atoms with Gasteiger partial charge in [0.15, 0.2) is 0 Å². The molecule has 0 aliphatic rings. The fraction of sp³-hybridized carbons (Fsp3) is 0.190. The first-order valence-electron chi connectivity index (χ1n) is 8.48. The van der Waals surface area contributed by atoms with Crippen LogP contribution in [0.1, 0.15) is 22.5 Å². The van der Waals surface area contributed by atoms with Gasteiger partial charge in [0.1, 0.15) is 5.76 Å². The van der Waals surface area contributed by atoms with E-state index in [0.29, 0.717) is 6.54 Å². The lowest BCUT2D eigenvalue weighted by molar-refractivity contribution is 0.517. The van der Waals surface area contributed by atoms with Crippen LogP contribution in [0.3, 0.4) is 0 Å². The van der Waals surface area contributed by atoms with E-state index in [-0.39, 0.29) is 0 Å². The van der Waals surface area contributed by atoms with Crippen molar-refractivity contribution in [1.29, 1.82) is 0 Å². The van der Waals surface area contributed by atoms with Crippen LogP contribution >= 0.6 is 0 Å². The largest absolute Gasteiger partial charge is 0.467 e. The third-order valence-electron chi connectivity index (χ3n) is 4.55. The van der Waals surface area contributed by atoms with Crippen LogP contribution < -0.4 is 5.32 Å². The average Bonchev–Trinajstić information content (AvgIpc) is 3.24. The molecule has 4 nitrogen and oxygen atoms in total. The normalized spacial score (nSPS) is 11.1. The number of hydrogen-bond acceptors (Lipinski definition) is 3. The van der Waals surface area contributed by atoms with E-state index >= 15 is 0 Å². The van der Waals surface area contributed by atoms with Crippen molar-refractivity contribution < 1.29 is 4.42 Å². The monoisotopic (exact) mass is 331 g/mol. The van der Waals surface area contributed by atoms with Crippen LogP contribution in [-0.2, 0) is 13.1 Å². The molecule has 0 aliphatic heterocycles. The highest BCUT2D eigenvalue weighted by molar-refractivity contribution is 5.80. The lowest BCUT2D eigenvalue weighted by atomic mass is 10.1. The van der Waals surface area contributed by atoms with Crippen LogP contribution in [0.15, 0.2) is 65.3 Å². The quantitative estimate of drug-likeness (QED) is 0.565. The third-order valence-corrected chi connectivity index (χ3v) is 4.55. The predicted molar refractivity (Wildman–Crippen MR) is 101 cm³/mol. The molecular weight excluding hydrogens is 310 g/mol. The molecule has 2 aromatic heterocycles. The SMILES string of the molecule is Cc1cc2nc(NCc3ccco3)n(Cc3ccccc3)c2cc1C. The molecule has 4 heteroatoms. The maximum absolute atomic E-state index is 5.43. The number of fused-ring (bicyclic) bond motifs is 1. The van der Waals surface area contributed by atoms with Crippen molar-refractivity contribution in [2.75, 3.05) is 5.32 Å². The first-order valence-corrected chi connectivity index (χ1v) is 8.48. The number of benzene rings is 2. The maximum atomic E-state index is 5.43. The molecule has 4 rings (SSSR count). The molecule has 2 heterocycles. The van der Waals surface area contributed by atoms with Crippen molar-refractivity contribution in [3.8, 4) is 0 Å². The summed E-state index contributed by atoms with van der Waals surface area (Å²) < 4.78 is 7.66. The molecule has 126 valence electrons. The molecule has 0 spiro atoms. The van der Waals surface area contributed by atoms with Crippen molar-refractivity contribution >= 4 is 17.0 Å². The molecule has 0 bridgehead atoms. The van der Waals surface area contributed by atoms with E-state index in [1.165, 1.54) is 16.7 Å². The van der Waals surface area contributed by atoms with Crippen LogP contribution in [0, 0.1) is 13.8 Å². The number of imidazole rings is 1. The molecule has 0 aliphatic carbocycles. The van der Waals surface area contributed by atoms with Gasteiger partial charge in [0.2, 0.25) is 5.95 Å². The number of aromatic nitrogens is 2. The van der Waals surface area contributed by atoms with Gasteiger partial charge in [-0.05, 0) is 54.8 Å². The summed E-state index contributed by atoms with van der Waals surface area (Å²) in [6.45, 7) is 5.66. The lowest BCUT2D eigenvalue weighted by Crippen LogP contribution is -2.08. The number of aryl methyl sites for hydroxylation is 2. The Hall–Kier alpha value is -3.01. The number of hydrogen-bond donors (Lipinski definition) is 1. The topological polar surface area (TPSA) is 43.0 Å². The fourth-order valence-electron chi connectivity index (χ4n) is 3.02. The minimum absolute atomic E-state index is 0.614. The molecule has 1 N–H and O–H groups in total. The van der Waals surface area contributed by atoms with Gasteiger partial charge in [0.25, 0.3) is 0 Å². The summed E-state index contributed by atoms with van der Waals surface area (Å²) in [6, 6.07) is 18.7. The van der Waals surface area contributed by atoms with Gasteiger partial charge < -0.3 is 14.3 Å². The van der Waals surface area contributed by atoms with Crippen LogP contribution in [0.4, 0.5) is 5.95 Å². The van der Waals surface area contributed by atoms with Gasteiger partial charge in [0.05, 0.1) is 30.4 Å². The minimum Gasteiger partial charge on any atom is -0.467 e. The standard InChI is InChI=1S/C21H21N3O/c1-15-11-19-20(12-16(15)2)24(14-17-7-4-3-5-8-17)21(23-19)22-13-18-9-6-10-25-18/h3-12H,13-14H2,1-2H3,(H,22,23). The van der Waals surface area contributed by atoms with E-state index in [9.17, 15) is 0 Å². The van der Waals surface area contributed by atoms with Gasteiger partial charge in [-0.2, -0.15) is 0 Å². The van der Waals surface area contributed by atoms with E-state index in [0.717, 1.165) is 29.3 Å². The smallest absolute Gasteiger partial charge is 0.204 e. The zero-order valence-electron chi connectivity index (χ0n) is 14.5. The van der Waals surface area contributed by atoms with Gasteiger partial charge in [-0.25, -0.2) is 4.98 Å². The second-order valence-corrected chi connectivity index (χ2v) is 6.37. The highest BCUT2D eigenvalue weighted by Crippen LogP contribution is 2.25. The van der Waals surface area contributed by atoms with Crippen LogP contribution in [0.2, 0.25) is 0 Å². The lowest BCUT2D eigenvalue weighted by Gasteiger charge is -2.11. The highest BCUT2D eigenvalue weighted by atomic mass is 16.3. The molecule has 0 saturated heterocycles. The number of anilines is 1. The highest BCUT2D eigenvalue weighted by Gasteiger charge is 2.13. The van der Waals surface area contributed by atoms with E-state index in [1.807, 2.05) is 18.2 Å². The Morgan fingerprint density at radius 3 is 2.56 bits per heavy atom. The first kappa shape index (κ1) is 15.5. The number of nitrogens with zero attached hydrogens (tertiary/aromatic N) is 2. The summed E-state index contributed by atoms with van der Waals surface area (Å²) in [6.07, 6.45) is 1.69.